The first-order valence-electron chi connectivity index (χ1n) is 11.2. The Morgan fingerprint density at radius 2 is 1.66 bits per heavy atom. The lowest BCUT2D eigenvalue weighted by Gasteiger charge is -2.27. The summed E-state index contributed by atoms with van der Waals surface area (Å²) in [6, 6.07) is 17.1. The lowest BCUT2D eigenvalue weighted by molar-refractivity contribution is -0.274. The molecule has 1 unspecified atom stereocenters. The van der Waals surface area contributed by atoms with Crippen molar-refractivity contribution in [2.45, 2.75) is 36.6 Å². The maximum absolute atomic E-state index is 12.7. The number of hydrogen-bond acceptors (Lipinski definition) is 4. The van der Waals surface area contributed by atoms with E-state index < -0.39 is 17.9 Å². The van der Waals surface area contributed by atoms with Crippen LogP contribution in [0.15, 0.2) is 78.2 Å². The Bertz CT molecular complexity index is 1200. The van der Waals surface area contributed by atoms with Crippen LogP contribution in [0, 0.1) is 0 Å². The predicted molar refractivity (Wildman–Crippen MR) is 131 cm³/mol. The fourth-order valence-corrected chi connectivity index (χ4v) is 6.60. The molecule has 0 bridgehead atoms. The summed E-state index contributed by atoms with van der Waals surface area (Å²) in [5, 5.41) is 2.09. The lowest BCUT2D eigenvalue weighted by atomic mass is 9.96. The number of rotatable bonds is 8. The molecule has 4 rings (SSSR count). The average molecular weight is 504 g/mol. The highest BCUT2D eigenvalue weighted by Crippen LogP contribution is 2.35. The molecule has 1 saturated heterocycles. The molecule has 8 heteroatoms. The van der Waals surface area contributed by atoms with E-state index in [1.54, 1.807) is 6.92 Å². The topological polar surface area (TPSA) is 44.8 Å². The monoisotopic (exact) mass is 503 g/mol. The van der Waals surface area contributed by atoms with Crippen LogP contribution in [0.1, 0.15) is 25.3 Å². The van der Waals surface area contributed by atoms with Crippen molar-refractivity contribution in [2.75, 3.05) is 18.1 Å². The minimum absolute atomic E-state index is 0.241. The number of alkyl halides is 3. The maximum Gasteiger partial charge on any atom is 0.573 e. The third-order valence-electron chi connectivity index (χ3n) is 5.91. The summed E-state index contributed by atoms with van der Waals surface area (Å²) in [4.78, 5) is 14.0. The average Bonchev–Trinajstić information content (AvgIpc) is 3.36. The van der Waals surface area contributed by atoms with Crippen LogP contribution < -0.4 is 9.47 Å². The van der Waals surface area contributed by atoms with Crippen molar-refractivity contribution in [3.05, 3.63) is 78.9 Å². The second-order valence-electron chi connectivity index (χ2n) is 8.36. The van der Waals surface area contributed by atoms with E-state index in [1.807, 2.05) is 24.3 Å². The molecule has 0 spiro atoms. The maximum atomic E-state index is 12.7. The summed E-state index contributed by atoms with van der Waals surface area (Å²) in [6.07, 6.45) is -0.867. The van der Waals surface area contributed by atoms with Gasteiger partial charge in [-0.25, -0.2) is 4.79 Å². The molecule has 0 saturated carbocycles. The molecule has 1 aliphatic rings. The number of esters is 1. The predicted octanol–water partition coefficient (Wildman–Crippen LogP) is 6.53. The molecule has 0 N–H and O–H groups in total. The van der Waals surface area contributed by atoms with Gasteiger partial charge in [0.15, 0.2) is 17.1 Å². The summed E-state index contributed by atoms with van der Waals surface area (Å²) in [7, 11) is 0.241. The first kappa shape index (κ1) is 25.0. The zero-order valence-electron chi connectivity index (χ0n) is 19.3. The highest BCUT2D eigenvalue weighted by Gasteiger charge is 2.33. The van der Waals surface area contributed by atoms with E-state index in [0.717, 1.165) is 22.9 Å². The Hall–Kier alpha value is -3.13. The van der Waals surface area contributed by atoms with Crippen molar-refractivity contribution in [3.63, 3.8) is 0 Å². The van der Waals surface area contributed by atoms with Gasteiger partial charge in [-0.2, -0.15) is 0 Å². The van der Waals surface area contributed by atoms with Gasteiger partial charge in [-0.1, -0.05) is 36.9 Å². The minimum Gasteiger partial charge on any atom is -0.481 e. The largest absolute Gasteiger partial charge is 0.573 e. The third-order valence-corrected chi connectivity index (χ3v) is 8.45. The van der Waals surface area contributed by atoms with E-state index in [4.69, 9.17) is 9.47 Å². The molecule has 0 radical (unpaired) electrons. The number of halogens is 3. The standard InChI is InChI=1S/C27H26F3O4S/c1-3-26(2,19-10-12-20(13-11-19)33-27(28,29)30)34-25(31)18-32-23-14-15-24(35-16-6-7-17-35)22-9-5-4-8-21(22)23/h3-5,8-15H,1,6-7,16-18H2,2H3/q+1. The molecule has 3 aromatic rings. The van der Waals surface area contributed by atoms with E-state index in [9.17, 15) is 18.0 Å². The number of carbonyl (C=O) groups excluding carboxylic acids is 1. The Kier molecular flexibility index (Phi) is 7.31. The first-order chi connectivity index (χ1) is 16.7. The molecule has 1 heterocycles. The normalized spacial score (nSPS) is 16.0. The zero-order valence-corrected chi connectivity index (χ0v) is 20.1. The van der Waals surface area contributed by atoms with E-state index >= 15 is 0 Å². The molecular formula is C27H26F3O4S+. The van der Waals surface area contributed by atoms with Crippen molar-refractivity contribution in [1.29, 1.82) is 0 Å². The molecule has 1 aliphatic heterocycles. The van der Waals surface area contributed by atoms with Crippen LogP contribution in [0.3, 0.4) is 0 Å². The molecule has 35 heavy (non-hydrogen) atoms. The van der Waals surface area contributed by atoms with E-state index in [2.05, 4.69) is 23.4 Å². The van der Waals surface area contributed by atoms with Gasteiger partial charge < -0.3 is 14.2 Å². The Labute approximate surface area is 205 Å². The van der Waals surface area contributed by atoms with Crippen molar-refractivity contribution in [2.24, 2.45) is 0 Å². The van der Waals surface area contributed by atoms with E-state index in [-0.39, 0.29) is 23.3 Å². The van der Waals surface area contributed by atoms with Gasteiger partial charge >= 0.3 is 12.3 Å². The van der Waals surface area contributed by atoms with E-state index in [1.165, 1.54) is 47.5 Å². The van der Waals surface area contributed by atoms with Crippen LogP contribution in [0.2, 0.25) is 0 Å². The molecule has 184 valence electrons. The Morgan fingerprint density at radius 3 is 2.29 bits per heavy atom. The van der Waals surface area contributed by atoms with Crippen molar-refractivity contribution in [1.82, 2.24) is 0 Å². The summed E-state index contributed by atoms with van der Waals surface area (Å²) in [5.74, 6) is 2.02. The van der Waals surface area contributed by atoms with Gasteiger partial charge in [-0.3, -0.25) is 0 Å². The van der Waals surface area contributed by atoms with Crippen LogP contribution in [0.4, 0.5) is 13.2 Å². The second-order valence-corrected chi connectivity index (χ2v) is 10.6. The molecule has 0 aliphatic carbocycles. The summed E-state index contributed by atoms with van der Waals surface area (Å²) in [6.45, 7) is 5.00. The fraction of sp³-hybridized carbons (Fsp3) is 0.296. The summed E-state index contributed by atoms with van der Waals surface area (Å²) >= 11 is 0. The number of fused-ring (bicyclic) bond motifs is 1. The molecular weight excluding hydrogens is 477 g/mol. The Morgan fingerprint density at radius 1 is 1.00 bits per heavy atom. The second kappa shape index (κ2) is 10.2. The number of hydrogen-bond donors (Lipinski definition) is 0. The molecule has 4 nitrogen and oxygen atoms in total. The first-order valence-corrected chi connectivity index (χ1v) is 12.8. The molecule has 1 fully saturated rings. The SMILES string of the molecule is C=CC(C)(OC(=O)COc1ccc([S+]2CCCC2)c2ccccc12)c1ccc(OC(F)(F)F)cc1. The quantitative estimate of drug-likeness (QED) is 0.199. The van der Waals surface area contributed by atoms with Gasteiger partial charge in [-0.15, -0.1) is 13.2 Å². The van der Waals surface area contributed by atoms with Gasteiger partial charge in [0, 0.05) is 21.7 Å². The zero-order chi connectivity index (χ0) is 25.1. The van der Waals surface area contributed by atoms with Crippen molar-refractivity contribution < 1.29 is 32.2 Å². The molecule has 0 aromatic heterocycles. The number of ether oxygens (including phenoxy) is 3. The summed E-state index contributed by atoms with van der Waals surface area (Å²) < 4.78 is 52.6. The van der Waals surface area contributed by atoms with Crippen molar-refractivity contribution >= 4 is 27.6 Å². The summed E-state index contributed by atoms with van der Waals surface area (Å²) in [5.41, 5.74) is -0.810. The van der Waals surface area contributed by atoms with Crippen molar-refractivity contribution in [3.8, 4) is 11.5 Å². The van der Waals surface area contributed by atoms with Gasteiger partial charge in [-0.05, 0) is 61.7 Å². The number of benzene rings is 3. The van der Waals surface area contributed by atoms with Crippen LogP contribution in [0.25, 0.3) is 10.8 Å². The fourth-order valence-electron chi connectivity index (χ4n) is 4.10. The van der Waals surface area contributed by atoms with E-state index in [0.29, 0.717) is 11.3 Å². The number of carbonyl (C=O) groups is 1. The van der Waals surface area contributed by atoms with Crippen LogP contribution in [0.5, 0.6) is 11.5 Å². The van der Waals surface area contributed by atoms with Gasteiger partial charge in [0.2, 0.25) is 0 Å². The Balaban J connectivity index is 1.45. The molecule has 3 aromatic carbocycles. The highest BCUT2D eigenvalue weighted by molar-refractivity contribution is 7.97. The molecule has 1 atom stereocenters. The molecule has 0 amide bonds. The van der Waals surface area contributed by atoms with Gasteiger partial charge in [0.1, 0.15) is 23.0 Å². The smallest absolute Gasteiger partial charge is 0.481 e. The van der Waals surface area contributed by atoms with Crippen LogP contribution in [-0.2, 0) is 26.0 Å². The lowest BCUT2D eigenvalue weighted by Crippen LogP contribution is -2.29. The van der Waals surface area contributed by atoms with Gasteiger partial charge in [0.25, 0.3) is 0 Å². The van der Waals surface area contributed by atoms with Gasteiger partial charge in [0.05, 0.1) is 0 Å². The highest BCUT2D eigenvalue weighted by atomic mass is 32.2. The van der Waals surface area contributed by atoms with Crippen LogP contribution in [-0.4, -0.2) is 30.4 Å². The van der Waals surface area contributed by atoms with Crippen LogP contribution >= 0.6 is 0 Å². The third kappa shape index (κ3) is 5.93. The minimum atomic E-state index is -4.78.